The molecule has 0 bridgehead atoms. The van der Waals surface area contributed by atoms with Crippen molar-refractivity contribution in [3.63, 3.8) is 0 Å². The average Bonchev–Trinajstić information content (AvgIpc) is 2.07. The van der Waals surface area contributed by atoms with Crippen LogP contribution in [0.3, 0.4) is 0 Å². The number of rotatable bonds is 6. The molecule has 1 rings (SSSR count). The van der Waals surface area contributed by atoms with Crippen LogP contribution in [0, 0.1) is 0 Å². The van der Waals surface area contributed by atoms with E-state index in [2.05, 4.69) is 5.16 Å². The van der Waals surface area contributed by atoms with Crippen LogP contribution in [0.1, 0.15) is 38.5 Å². The molecule has 1 fully saturated rings. The van der Waals surface area contributed by atoms with Crippen molar-refractivity contribution in [2.24, 2.45) is 10.9 Å². The Morgan fingerprint density at radius 2 is 2.23 bits per heavy atom. The van der Waals surface area contributed by atoms with E-state index in [1.54, 1.807) is 0 Å². The average molecular weight is 186 g/mol. The number of unbranched alkanes of at least 4 members (excludes halogenated alkanes) is 1. The lowest BCUT2D eigenvalue weighted by molar-refractivity contribution is 0.000944. The van der Waals surface area contributed by atoms with E-state index in [9.17, 15) is 0 Å². The maximum atomic E-state index is 8.26. The molecule has 4 nitrogen and oxygen atoms in total. The van der Waals surface area contributed by atoms with Crippen LogP contribution in [-0.2, 0) is 4.74 Å². The van der Waals surface area contributed by atoms with Crippen LogP contribution in [0.4, 0.5) is 0 Å². The van der Waals surface area contributed by atoms with Gasteiger partial charge in [-0.15, -0.1) is 0 Å². The summed E-state index contributed by atoms with van der Waals surface area (Å²) in [5.41, 5.74) is 5.31. The second-order valence-corrected chi connectivity index (χ2v) is 3.47. The lowest BCUT2D eigenvalue weighted by Gasteiger charge is -2.25. The molecule has 0 aromatic rings. The molecule has 0 radical (unpaired) electrons. The van der Waals surface area contributed by atoms with E-state index in [-0.39, 0.29) is 0 Å². The quantitative estimate of drug-likeness (QED) is 0.217. The second-order valence-electron chi connectivity index (χ2n) is 3.47. The van der Waals surface area contributed by atoms with Crippen molar-refractivity contribution < 1.29 is 9.94 Å². The first-order valence-corrected chi connectivity index (χ1v) is 4.91. The molecule has 0 spiro atoms. The van der Waals surface area contributed by atoms with Gasteiger partial charge in [0.25, 0.3) is 0 Å². The van der Waals surface area contributed by atoms with Gasteiger partial charge in [0, 0.05) is 13.0 Å². The predicted molar refractivity (Wildman–Crippen MR) is 50.9 cm³/mol. The molecular weight excluding hydrogens is 168 g/mol. The fourth-order valence-electron chi connectivity index (χ4n) is 1.25. The molecule has 1 aliphatic carbocycles. The normalized spacial score (nSPS) is 18.6. The van der Waals surface area contributed by atoms with Gasteiger partial charge >= 0.3 is 0 Å². The number of nitrogens with zero attached hydrogens (tertiary/aromatic N) is 1. The van der Waals surface area contributed by atoms with Gasteiger partial charge < -0.3 is 15.7 Å². The van der Waals surface area contributed by atoms with Gasteiger partial charge in [-0.1, -0.05) is 5.16 Å². The van der Waals surface area contributed by atoms with Crippen LogP contribution < -0.4 is 5.73 Å². The highest BCUT2D eigenvalue weighted by Gasteiger charge is 2.16. The van der Waals surface area contributed by atoms with Crippen molar-refractivity contribution in [2.75, 3.05) is 6.61 Å². The van der Waals surface area contributed by atoms with Gasteiger partial charge in [-0.3, -0.25) is 0 Å². The third-order valence-electron chi connectivity index (χ3n) is 2.36. The Hall–Kier alpha value is -0.770. The summed E-state index contributed by atoms with van der Waals surface area (Å²) in [6.45, 7) is 0.809. The summed E-state index contributed by atoms with van der Waals surface area (Å²) in [6.07, 6.45) is 6.86. The zero-order valence-corrected chi connectivity index (χ0v) is 7.91. The molecule has 0 saturated heterocycles. The molecule has 0 heterocycles. The van der Waals surface area contributed by atoms with E-state index >= 15 is 0 Å². The molecule has 0 atom stereocenters. The highest BCUT2D eigenvalue weighted by molar-refractivity contribution is 5.79. The standard InChI is InChI=1S/C9H18N2O2/c10-9(11-12)6-1-2-7-13-8-4-3-5-8/h8,12H,1-7H2,(H2,10,11). The fourth-order valence-corrected chi connectivity index (χ4v) is 1.25. The van der Waals surface area contributed by atoms with Gasteiger partial charge in [0.2, 0.25) is 0 Å². The number of hydrogen-bond acceptors (Lipinski definition) is 3. The largest absolute Gasteiger partial charge is 0.409 e. The Labute approximate surface area is 78.7 Å². The third-order valence-corrected chi connectivity index (χ3v) is 2.36. The molecule has 4 heteroatoms. The van der Waals surface area contributed by atoms with Crippen LogP contribution in [0.2, 0.25) is 0 Å². The van der Waals surface area contributed by atoms with Gasteiger partial charge in [0.15, 0.2) is 0 Å². The minimum Gasteiger partial charge on any atom is -0.409 e. The van der Waals surface area contributed by atoms with Gasteiger partial charge in [-0.05, 0) is 32.1 Å². The summed E-state index contributed by atoms with van der Waals surface area (Å²) in [4.78, 5) is 0. The summed E-state index contributed by atoms with van der Waals surface area (Å²) < 4.78 is 5.55. The molecule has 13 heavy (non-hydrogen) atoms. The van der Waals surface area contributed by atoms with Crippen molar-refractivity contribution in [1.82, 2.24) is 0 Å². The predicted octanol–water partition coefficient (Wildman–Crippen LogP) is 1.47. The number of amidine groups is 1. The van der Waals surface area contributed by atoms with Gasteiger partial charge in [0.05, 0.1) is 6.10 Å². The van der Waals surface area contributed by atoms with E-state index in [0.29, 0.717) is 18.4 Å². The number of nitrogens with two attached hydrogens (primary N) is 1. The molecule has 0 unspecified atom stereocenters. The maximum absolute atomic E-state index is 8.26. The second kappa shape index (κ2) is 5.80. The van der Waals surface area contributed by atoms with Crippen LogP contribution in [-0.4, -0.2) is 23.8 Å². The van der Waals surface area contributed by atoms with Crippen LogP contribution in [0.25, 0.3) is 0 Å². The van der Waals surface area contributed by atoms with E-state index in [1.165, 1.54) is 19.3 Å². The Morgan fingerprint density at radius 1 is 1.46 bits per heavy atom. The summed E-state index contributed by atoms with van der Waals surface area (Å²) in [6, 6.07) is 0. The highest BCUT2D eigenvalue weighted by Crippen LogP contribution is 2.21. The highest BCUT2D eigenvalue weighted by atomic mass is 16.5. The SMILES string of the molecule is NC(CCCCOC1CCC1)=NO. The first kappa shape index (κ1) is 10.3. The zero-order chi connectivity index (χ0) is 9.52. The van der Waals surface area contributed by atoms with Crippen LogP contribution in [0.5, 0.6) is 0 Å². The lowest BCUT2D eigenvalue weighted by Crippen LogP contribution is -2.22. The minimum absolute atomic E-state index is 0.309. The number of hydrogen-bond donors (Lipinski definition) is 2. The monoisotopic (exact) mass is 186 g/mol. The van der Waals surface area contributed by atoms with E-state index in [0.717, 1.165) is 19.4 Å². The Morgan fingerprint density at radius 3 is 2.77 bits per heavy atom. The molecule has 1 saturated carbocycles. The Kier molecular flexibility index (Phi) is 4.60. The van der Waals surface area contributed by atoms with Crippen LogP contribution >= 0.6 is 0 Å². The van der Waals surface area contributed by atoms with Gasteiger partial charge in [-0.25, -0.2) is 0 Å². The van der Waals surface area contributed by atoms with E-state index in [1.807, 2.05) is 0 Å². The van der Waals surface area contributed by atoms with Crippen molar-refractivity contribution in [2.45, 2.75) is 44.6 Å². The molecule has 0 amide bonds. The summed E-state index contributed by atoms with van der Waals surface area (Å²) in [5.74, 6) is 0.309. The molecule has 3 N–H and O–H groups in total. The van der Waals surface area contributed by atoms with Crippen LogP contribution in [0.15, 0.2) is 5.16 Å². The first-order chi connectivity index (χ1) is 6.33. The summed E-state index contributed by atoms with van der Waals surface area (Å²) in [7, 11) is 0. The zero-order valence-electron chi connectivity index (χ0n) is 7.91. The molecule has 0 aliphatic heterocycles. The topological polar surface area (TPSA) is 67.8 Å². The summed E-state index contributed by atoms with van der Waals surface area (Å²) in [5, 5.41) is 11.2. The molecule has 1 aliphatic rings. The first-order valence-electron chi connectivity index (χ1n) is 4.91. The number of oxime groups is 1. The minimum atomic E-state index is 0.309. The smallest absolute Gasteiger partial charge is 0.139 e. The lowest BCUT2D eigenvalue weighted by atomic mass is 9.96. The molecule has 0 aromatic carbocycles. The Balaban J connectivity index is 1.83. The van der Waals surface area contributed by atoms with Crippen molar-refractivity contribution in [1.29, 1.82) is 0 Å². The summed E-state index contributed by atoms with van der Waals surface area (Å²) >= 11 is 0. The number of ether oxygens (including phenoxy) is 1. The van der Waals surface area contributed by atoms with Gasteiger partial charge in [-0.2, -0.15) is 0 Å². The van der Waals surface area contributed by atoms with Gasteiger partial charge in [0.1, 0.15) is 5.84 Å². The molecule has 0 aromatic heterocycles. The maximum Gasteiger partial charge on any atom is 0.139 e. The molecule has 76 valence electrons. The van der Waals surface area contributed by atoms with Crippen molar-refractivity contribution >= 4 is 5.84 Å². The van der Waals surface area contributed by atoms with E-state index < -0.39 is 0 Å². The van der Waals surface area contributed by atoms with E-state index in [4.69, 9.17) is 15.7 Å². The molecular formula is C9H18N2O2. The van der Waals surface area contributed by atoms with Crippen molar-refractivity contribution in [3.8, 4) is 0 Å². The fraction of sp³-hybridized carbons (Fsp3) is 0.889. The third kappa shape index (κ3) is 4.12. The van der Waals surface area contributed by atoms with Crippen molar-refractivity contribution in [3.05, 3.63) is 0 Å². The Bertz CT molecular complexity index is 167.